The molecule has 1 saturated heterocycles. The topological polar surface area (TPSA) is 80.1 Å². The van der Waals surface area contributed by atoms with Gasteiger partial charge >= 0.3 is 0 Å². The molecule has 1 N–H and O–H groups in total. The molecule has 0 saturated carbocycles. The fourth-order valence-corrected chi connectivity index (χ4v) is 3.83. The molecule has 154 valence electrons. The molecule has 7 nitrogen and oxygen atoms in total. The molecule has 2 aromatic carbocycles. The summed E-state index contributed by atoms with van der Waals surface area (Å²) in [5, 5.41) is 7.16. The molecule has 1 aromatic heterocycles. The maximum Gasteiger partial charge on any atom is 0.247 e. The van der Waals surface area contributed by atoms with Gasteiger partial charge in [0.05, 0.1) is 6.54 Å². The summed E-state index contributed by atoms with van der Waals surface area (Å²) in [5.41, 5.74) is 2.92. The molecule has 4 rings (SSSR count). The molecule has 1 atom stereocenters. The van der Waals surface area contributed by atoms with Crippen molar-refractivity contribution in [2.24, 2.45) is 0 Å². The number of hydrogen-bond acceptors (Lipinski definition) is 4. The molecule has 0 bridgehead atoms. The van der Waals surface area contributed by atoms with Gasteiger partial charge in [0.1, 0.15) is 18.7 Å². The number of hydrogen-bond donors (Lipinski definition) is 1. The highest BCUT2D eigenvalue weighted by atomic mass is 16.2. The van der Waals surface area contributed by atoms with E-state index < -0.39 is 6.04 Å². The van der Waals surface area contributed by atoms with Crippen molar-refractivity contribution in [2.45, 2.75) is 38.4 Å². The van der Waals surface area contributed by atoms with E-state index in [2.05, 4.69) is 15.4 Å². The van der Waals surface area contributed by atoms with Gasteiger partial charge in [0.15, 0.2) is 0 Å². The Kier molecular flexibility index (Phi) is 6.17. The fraction of sp³-hybridized carbons (Fsp3) is 0.304. The molecular weight excluding hydrogens is 378 g/mol. The normalized spacial score (nSPS) is 15.1. The predicted molar refractivity (Wildman–Crippen MR) is 112 cm³/mol. The predicted octanol–water partition coefficient (Wildman–Crippen LogP) is 2.70. The van der Waals surface area contributed by atoms with Crippen LogP contribution < -0.4 is 5.32 Å². The lowest BCUT2D eigenvalue weighted by atomic mass is 10.0. The molecule has 0 aliphatic carbocycles. The second-order valence-corrected chi connectivity index (χ2v) is 7.49. The highest BCUT2D eigenvalue weighted by Gasteiger charge is 2.32. The van der Waals surface area contributed by atoms with Gasteiger partial charge in [0.2, 0.25) is 11.8 Å². The Morgan fingerprint density at radius 3 is 2.67 bits per heavy atom. The third-order valence-corrected chi connectivity index (χ3v) is 5.30. The van der Waals surface area contributed by atoms with Crippen LogP contribution in [0, 0.1) is 0 Å². The van der Waals surface area contributed by atoms with Crippen molar-refractivity contribution in [3.05, 3.63) is 83.9 Å². The zero-order valence-corrected chi connectivity index (χ0v) is 16.8. The van der Waals surface area contributed by atoms with E-state index in [4.69, 9.17) is 0 Å². The van der Waals surface area contributed by atoms with Crippen LogP contribution in [0.4, 0.5) is 0 Å². The second kappa shape index (κ2) is 9.35. The van der Waals surface area contributed by atoms with Crippen molar-refractivity contribution >= 4 is 11.8 Å². The van der Waals surface area contributed by atoms with Gasteiger partial charge in [-0.2, -0.15) is 5.10 Å². The van der Waals surface area contributed by atoms with Crippen LogP contribution in [0.15, 0.2) is 67.3 Å². The van der Waals surface area contributed by atoms with Crippen LogP contribution in [0.3, 0.4) is 0 Å². The molecule has 7 heteroatoms. The first-order valence-corrected chi connectivity index (χ1v) is 10.2. The van der Waals surface area contributed by atoms with Gasteiger partial charge in [0.25, 0.3) is 0 Å². The van der Waals surface area contributed by atoms with E-state index in [1.165, 1.54) is 6.33 Å². The van der Waals surface area contributed by atoms with Crippen LogP contribution in [0.25, 0.3) is 0 Å². The molecule has 0 radical (unpaired) electrons. The summed E-state index contributed by atoms with van der Waals surface area (Å²) in [5.74, 6) is -0.113. The molecule has 3 aromatic rings. The smallest absolute Gasteiger partial charge is 0.247 e. The average molecular weight is 403 g/mol. The Balaban J connectivity index is 1.47. The first-order valence-electron chi connectivity index (χ1n) is 10.2. The van der Waals surface area contributed by atoms with Gasteiger partial charge in [-0.15, -0.1) is 0 Å². The number of nitrogens with zero attached hydrogens (tertiary/aromatic N) is 4. The van der Waals surface area contributed by atoms with Gasteiger partial charge in [-0.1, -0.05) is 54.6 Å². The lowest BCUT2D eigenvalue weighted by Gasteiger charge is -2.34. The minimum Gasteiger partial charge on any atom is -0.350 e. The van der Waals surface area contributed by atoms with Crippen LogP contribution in [0.2, 0.25) is 0 Å². The summed E-state index contributed by atoms with van der Waals surface area (Å²) < 4.78 is 1.76. The lowest BCUT2D eigenvalue weighted by Crippen LogP contribution is -2.45. The fourth-order valence-electron chi connectivity index (χ4n) is 3.83. The van der Waals surface area contributed by atoms with Crippen molar-refractivity contribution < 1.29 is 9.59 Å². The highest BCUT2D eigenvalue weighted by Crippen LogP contribution is 2.26. The van der Waals surface area contributed by atoms with Crippen LogP contribution in [0.1, 0.15) is 42.0 Å². The summed E-state index contributed by atoms with van der Waals surface area (Å²) in [6.45, 7) is 1.63. The number of piperidine rings is 1. The SMILES string of the molecule is O=C(NCc1cccc(Cn2cncn2)c1)C(c1ccccc1)N1CCCCC1=O. The van der Waals surface area contributed by atoms with Crippen LogP contribution in [-0.2, 0) is 22.7 Å². The van der Waals surface area contributed by atoms with Crippen LogP contribution >= 0.6 is 0 Å². The van der Waals surface area contributed by atoms with Gasteiger partial charge in [0, 0.05) is 19.5 Å². The van der Waals surface area contributed by atoms with Gasteiger partial charge in [-0.25, -0.2) is 9.67 Å². The van der Waals surface area contributed by atoms with Crippen molar-refractivity contribution in [3.63, 3.8) is 0 Å². The molecule has 1 unspecified atom stereocenters. The zero-order chi connectivity index (χ0) is 20.8. The molecule has 0 spiro atoms. The van der Waals surface area contributed by atoms with Crippen LogP contribution in [-0.4, -0.2) is 38.0 Å². The number of nitrogens with one attached hydrogen (secondary N) is 1. The number of carbonyl (C=O) groups excluding carboxylic acids is 2. The summed E-state index contributed by atoms with van der Waals surface area (Å²) in [7, 11) is 0. The standard InChI is InChI=1S/C23H25N5O2/c29-21-11-4-5-12-28(21)22(20-9-2-1-3-10-20)23(30)25-14-18-7-6-8-19(13-18)15-27-17-24-16-26-27/h1-3,6-10,13,16-17,22H,4-5,11-12,14-15H2,(H,25,30). The third-order valence-electron chi connectivity index (χ3n) is 5.30. The monoisotopic (exact) mass is 403 g/mol. The molecule has 1 fully saturated rings. The number of aromatic nitrogens is 3. The quantitative estimate of drug-likeness (QED) is 0.658. The van der Waals surface area contributed by atoms with Gasteiger partial charge < -0.3 is 10.2 Å². The number of likely N-dealkylation sites (tertiary alicyclic amines) is 1. The lowest BCUT2D eigenvalue weighted by molar-refractivity contribution is -0.142. The highest BCUT2D eigenvalue weighted by molar-refractivity contribution is 5.89. The Bertz CT molecular complexity index is 988. The Morgan fingerprint density at radius 1 is 1.07 bits per heavy atom. The van der Waals surface area contributed by atoms with E-state index in [1.807, 2.05) is 54.6 Å². The van der Waals surface area contributed by atoms with E-state index in [-0.39, 0.29) is 11.8 Å². The number of benzene rings is 2. The Hall–Kier alpha value is -3.48. The number of carbonyl (C=O) groups is 2. The first kappa shape index (κ1) is 19.8. The molecule has 1 aliphatic rings. The van der Waals surface area contributed by atoms with E-state index in [0.717, 1.165) is 29.5 Å². The molecule has 2 heterocycles. The van der Waals surface area contributed by atoms with E-state index in [0.29, 0.717) is 26.1 Å². The van der Waals surface area contributed by atoms with Crippen molar-refractivity contribution in [1.82, 2.24) is 25.0 Å². The van der Waals surface area contributed by atoms with Crippen molar-refractivity contribution in [2.75, 3.05) is 6.54 Å². The Labute approximate surface area is 175 Å². The maximum atomic E-state index is 13.2. The summed E-state index contributed by atoms with van der Waals surface area (Å²) in [6.07, 6.45) is 5.49. The second-order valence-electron chi connectivity index (χ2n) is 7.49. The average Bonchev–Trinajstić information content (AvgIpc) is 3.28. The number of amides is 2. The van der Waals surface area contributed by atoms with Gasteiger partial charge in [-0.05, 0) is 29.5 Å². The minimum atomic E-state index is -0.600. The van der Waals surface area contributed by atoms with Crippen molar-refractivity contribution in [1.29, 1.82) is 0 Å². The van der Waals surface area contributed by atoms with Crippen LogP contribution in [0.5, 0.6) is 0 Å². The first-order chi connectivity index (χ1) is 14.7. The molecule has 2 amide bonds. The molecular formula is C23H25N5O2. The number of rotatable bonds is 7. The summed E-state index contributed by atoms with van der Waals surface area (Å²) in [4.78, 5) is 31.4. The van der Waals surface area contributed by atoms with Crippen molar-refractivity contribution in [3.8, 4) is 0 Å². The zero-order valence-electron chi connectivity index (χ0n) is 16.8. The third kappa shape index (κ3) is 4.74. The minimum absolute atomic E-state index is 0.0417. The molecule has 1 aliphatic heterocycles. The van der Waals surface area contributed by atoms with Gasteiger partial charge in [-0.3, -0.25) is 9.59 Å². The maximum absolute atomic E-state index is 13.2. The summed E-state index contributed by atoms with van der Waals surface area (Å²) in [6, 6.07) is 16.9. The summed E-state index contributed by atoms with van der Waals surface area (Å²) >= 11 is 0. The van der Waals surface area contributed by atoms with E-state index in [1.54, 1.807) is 15.9 Å². The van der Waals surface area contributed by atoms with E-state index >= 15 is 0 Å². The largest absolute Gasteiger partial charge is 0.350 e. The Morgan fingerprint density at radius 2 is 1.90 bits per heavy atom. The molecule has 30 heavy (non-hydrogen) atoms. The van der Waals surface area contributed by atoms with E-state index in [9.17, 15) is 9.59 Å².